The van der Waals surface area contributed by atoms with Gasteiger partial charge in [0.05, 0.1) is 11.4 Å². The minimum Gasteiger partial charge on any atom is -0.311 e. The van der Waals surface area contributed by atoms with Crippen molar-refractivity contribution in [3.05, 3.63) is 125 Å². The quantitative estimate of drug-likeness (QED) is 0.180. The summed E-state index contributed by atoms with van der Waals surface area (Å²) in [6, 6.07) is 24.8. The van der Waals surface area contributed by atoms with Gasteiger partial charge in [-0.15, -0.1) is 0 Å². The van der Waals surface area contributed by atoms with Crippen molar-refractivity contribution >= 4 is 57.2 Å². The SMILES string of the molecule is Cc1ccc2c(c1)B1c3cc(C)ccc3N(c3cc(F)cc(F)c3)c3cccc(c31)N2c1cc(F)cc(F)c1. The van der Waals surface area contributed by atoms with Crippen molar-refractivity contribution in [2.24, 2.45) is 0 Å². The summed E-state index contributed by atoms with van der Waals surface area (Å²) in [7, 11) is 0. The van der Waals surface area contributed by atoms with Gasteiger partial charge in [-0.1, -0.05) is 41.5 Å². The lowest BCUT2D eigenvalue weighted by Crippen LogP contribution is -2.61. The molecule has 0 radical (unpaired) electrons. The third-order valence-corrected chi connectivity index (χ3v) is 7.51. The Morgan fingerprint density at radius 3 is 1.31 bits per heavy atom. The van der Waals surface area contributed by atoms with E-state index in [2.05, 4.69) is 12.1 Å². The van der Waals surface area contributed by atoms with Crippen LogP contribution >= 0.6 is 0 Å². The van der Waals surface area contributed by atoms with Crippen LogP contribution in [-0.2, 0) is 0 Å². The highest BCUT2D eigenvalue weighted by Gasteiger charge is 2.43. The molecule has 0 aliphatic carbocycles. The lowest BCUT2D eigenvalue weighted by atomic mass is 9.33. The van der Waals surface area contributed by atoms with Crippen LogP contribution in [0.3, 0.4) is 0 Å². The lowest BCUT2D eigenvalue weighted by molar-refractivity contribution is 0.583. The molecule has 7 rings (SSSR count). The van der Waals surface area contributed by atoms with Gasteiger partial charge in [-0.2, -0.15) is 0 Å². The summed E-state index contributed by atoms with van der Waals surface area (Å²) in [5.74, 6) is -2.71. The second kappa shape index (κ2) is 8.50. The van der Waals surface area contributed by atoms with Crippen molar-refractivity contribution < 1.29 is 17.6 Å². The molecule has 0 spiro atoms. The van der Waals surface area contributed by atoms with Gasteiger partial charge in [0.1, 0.15) is 23.3 Å². The Morgan fingerprint density at radius 1 is 0.487 bits per heavy atom. The number of halogens is 4. The normalized spacial score (nSPS) is 13.2. The molecule has 5 aromatic rings. The average Bonchev–Trinajstić information content (AvgIpc) is 2.87. The first-order valence-electron chi connectivity index (χ1n) is 12.6. The van der Waals surface area contributed by atoms with Crippen LogP contribution in [0.4, 0.5) is 51.7 Å². The minimum absolute atomic E-state index is 0.203. The number of rotatable bonds is 2. The van der Waals surface area contributed by atoms with Crippen LogP contribution in [0.25, 0.3) is 0 Å². The summed E-state index contributed by atoms with van der Waals surface area (Å²) in [5.41, 5.74) is 8.77. The molecule has 5 aromatic carbocycles. The van der Waals surface area contributed by atoms with Gasteiger partial charge in [-0.05, 0) is 78.8 Å². The molecule has 0 saturated heterocycles. The Kier molecular flexibility index (Phi) is 5.14. The Hall–Kier alpha value is -4.52. The Balaban J connectivity index is 1.59. The molecule has 2 aliphatic rings. The molecule has 2 nitrogen and oxygen atoms in total. The zero-order valence-electron chi connectivity index (χ0n) is 21.1. The first-order chi connectivity index (χ1) is 18.8. The van der Waals surface area contributed by atoms with E-state index < -0.39 is 23.3 Å². The van der Waals surface area contributed by atoms with Crippen molar-refractivity contribution in [2.45, 2.75) is 13.8 Å². The highest BCUT2D eigenvalue weighted by atomic mass is 19.1. The maximum Gasteiger partial charge on any atom is 0.252 e. The standard InChI is InChI=1S/C32H21BF4N2/c1-18-6-8-28-26(10-18)33-27-11-19(2)7-9-29(27)39(25-16-22(36)13-23(37)17-25)31-5-3-4-30(32(31)33)38(28)24-14-20(34)12-21(35)15-24/h3-17H,1-2H3. The molecular weight excluding hydrogens is 499 g/mol. The van der Waals surface area contributed by atoms with E-state index in [1.165, 1.54) is 24.3 Å². The van der Waals surface area contributed by atoms with E-state index in [0.29, 0.717) is 11.4 Å². The number of aryl methyl sites for hydroxylation is 2. The van der Waals surface area contributed by atoms with E-state index in [1.54, 1.807) is 0 Å². The van der Waals surface area contributed by atoms with E-state index in [-0.39, 0.29) is 6.71 Å². The third kappa shape index (κ3) is 3.64. The molecule has 190 valence electrons. The van der Waals surface area contributed by atoms with Gasteiger partial charge in [0.25, 0.3) is 6.71 Å². The molecule has 7 heteroatoms. The molecule has 0 unspecified atom stereocenters. The zero-order chi connectivity index (χ0) is 27.0. The van der Waals surface area contributed by atoms with Crippen molar-refractivity contribution in [3.63, 3.8) is 0 Å². The van der Waals surface area contributed by atoms with Crippen molar-refractivity contribution in [1.82, 2.24) is 0 Å². The Labute approximate surface area is 223 Å². The van der Waals surface area contributed by atoms with E-state index in [4.69, 9.17) is 0 Å². The van der Waals surface area contributed by atoms with Gasteiger partial charge in [0.2, 0.25) is 0 Å². The Morgan fingerprint density at radius 2 is 0.897 bits per heavy atom. The van der Waals surface area contributed by atoms with Crippen molar-refractivity contribution in [1.29, 1.82) is 0 Å². The fourth-order valence-corrected chi connectivity index (χ4v) is 6.08. The van der Waals surface area contributed by atoms with Crippen LogP contribution in [0.5, 0.6) is 0 Å². The van der Waals surface area contributed by atoms with Crippen LogP contribution in [0.15, 0.2) is 91.0 Å². The summed E-state index contributed by atoms with van der Waals surface area (Å²) in [6.45, 7) is 3.82. The molecule has 0 bridgehead atoms. The molecule has 2 aliphatic heterocycles. The highest BCUT2D eigenvalue weighted by Crippen LogP contribution is 2.44. The van der Waals surface area contributed by atoms with E-state index in [9.17, 15) is 17.6 Å². The topological polar surface area (TPSA) is 6.48 Å². The third-order valence-electron chi connectivity index (χ3n) is 7.51. The number of benzene rings is 5. The monoisotopic (exact) mass is 520 g/mol. The summed E-state index contributed by atoms with van der Waals surface area (Å²) in [5, 5.41) is 0. The average molecular weight is 520 g/mol. The molecule has 39 heavy (non-hydrogen) atoms. The molecule has 0 fully saturated rings. The highest BCUT2D eigenvalue weighted by molar-refractivity contribution is 7.00. The molecule has 0 amide bonds. The van der Waals surface area contributed by atoms with Gasteiger partial charge in [-0.3, -0.25) is 0 Å². The number of nitrogens with zero attached hydrogens (tertiary/aromatic N) is 2. The van der Waals surface area contributed by atoms with E-state index in [0.717, 1.165) is 62.4 Å². The maximum absolute atomic E-state index is 14.5. The fraction of sp³-hybridized carbons (Fsp3) is 0.0625. The molecule has 2 heterocycles. The summed E-state index contributed by atoms with van der Waals surface area (Å²) in [6.07, 6.45) is 0. The molecule has 0 atom stereocenters. The predicted octanol–water partition coefficient (Wildman–Crippen LogP) is 6.94. The first-order valence-corrected chi connectivity index (χ1v) is 12.6. The summed E-state index contributed by atoms with van der Waals surface area (Å²) < 4.78 is 57.9. The predicted molar refractivity (Wildman–Crippen MR) is 150 cm³/mol. The van der Waals surface area contributed by atoms with Gasteiger partial charge < -0.3 is 9.80 Å². The van der Waals surface area contributed by atoms with E-state index in [1.807, 2.05) is 66.1 Å². The van der Waals surface area contributed by atoms with E-state index >= 15 is 0 Å². The second-order valence-corrected chi connectivity index (χ2v) is 10.2. The zero-order valence-corrected chi connectivity index (χ0v) is 21.1. The molecule has 0 N–H and O–H groups in total. The number of hydrogen-bond donors (Lipinski definition) is 0. The number of anilines is 6. The van der Waals surface area contributed by atoms with Crippen molar-refractivity contribution in [3.8, 4) is 0 Å². The second-order valence-electron chi connectivity index (χ2n) is 10.2. The number of hydrogen-bond acceptors (Lipinski definition) is 2. The van der Waals surface area contributed by atoms with Crippen LogP contribution < -0.4 is 26.2 Å². The lowest BCUT2D eigenvalue weighted by Gasteiger charge is -2.44. The molecule has 0 aromatic heterocycles. The van der Waals surface area contributed by atoms with Crippen LogP contribution in [0.2, 0.25) is 0 Å². The summed E-state index contributed by atoms with van der Waals surface area (Å²) >= 11 is 0. The maximum atomic E-state index is 14.5. The minimum atomic E-state index is -0.677. The molecule has 0 saturated carbocycles. The van der Waals surface area contributed by atoms with Gasteiger partial charge in [0.15, 0.2) is 0 Å². The van der Waals surface area contributed by atoms with Crippen LogP contribution in [-0.4, -0.2) is 6.71 Å². The fourth-order valence-electron chi connectivity index (χ4n) is 6.08. The van der Waals surface area contributed by atoms with Crippen LogP contribution in [0.1, 0.15) is 11.1 Å². The Bertz CT molecular complexity index is 1650. The largest absolute Gasteiger partial charge is 0.311 e. The summed E-state index contributed by atoms with van der Waals surface area (Å²) in [4.78, 5) is 3.72. The smallest absolute Gasteiger partial charge is 0.252 e. The first kappa shape index (κ1) is 23.6. The molecular formula is C32H21BF4N2. The van der Waals surface area contributed by atoms with Gasteiger partial charge in [0, 0.05) is 34.9 Å². The van der Waals surface area contributed by atoms with Crippen molar-refractivity contribution in [2.75, 3.05) is 9.80 Å². The number of fused-ring (bicyclic) bond motifs is 4. The van der Waals surface area contributed by atoms with Gasteiger partial charge >= 0.3 is 0 Å². The van der Waals surface area contributed by atoms with Crippen LogP contribution in [0, 0.1) is 37.1 Å². The van der Waals surface area contributed by atoms with Gasteiger partial charge in [-0.25, -0.2) is 17.6 Å².